The topological polar surface area (TPSA) is 59.0 Å². The van der Waals surface area contributed by atoms with E-state index in [1.807, 2.05) is 24.1 Å². The third-order valence-electron chi connectivity index (χ3n) is 5.82. The van der Waals surface area contributed by atoms with Crippen LogP contribution >= 0.6 is 11.3 Å². The van der Waals surface area contributed by atoms with Crippen LogP contribution in [0.2, 0.25) is 0 Å². The van der Waals surface area contributed by atoms with Crippen molar-refractivity contribution < 1.29 is 4.79 Å². The number of pyridine rings is 1. The minimum atomic E-state index is 0.196. The predicted molar refractivity (Wildman–Crippen MR) is 118 cm³/mol. The van der Waals surface area contributed by atoms with Gasteiger partial charge >= 0.3 is 0 Å². The molecular formula is C23H28N4OS. The summed E-state index contributed by atoms with van der Waals surface area (Å²) in [5.41, 5.74) is 1.89. The third kappa shape index (κ3) is 4.81. The van der Waals surface area contributed by atoms with Crippen molar-refractivity contribution in [1.29, 1.82) is 0 Å². The molecule has 1 aliphatic heterocycles. The standard InChI is InChI=1S/C23H28N4OS/c1-3-4-5-17-8-10-27(11-9-17)22(28)14-21-13-20-12-18(6-7-19(20)15-24-21)23-26-25-16(2)29-23/h6-7,12-13,15,17H,3-5,8-11,14H2,1-2H3. The smallest absolute Gasteiger partial charge is 0.228 e. The Balaban J connectivity index is 1.43. The molecule has 0 saturated carbocycles. The summed E-state index contributed by atoms with van der Waals surface area (Å²) in [7, 11) is 0. The van der Waals surface area contributed by atoms with Crippen LogP contribution in [0.1, 0.15) is 49.7 Å². The fourth-order valence-corrected chi connectivity index (χ4v) is 4.75. The van der Waals surface area contributed by atoms with E-state index in [1.165, 1.54) is 19.3 Å². The summed E-state index contributed by atoms with van der Waals surface area (Å²) in [6.07, 6.45) is 8.39. The number of carbonyl (C=O) groups excluding carboxylic acids is 1. The molecule has 0 spiro atoms. The van der Waals surface area contributed by atoms with Gasteiger partial charge in [-0.25, -0.2) is 0 Å². The van der Waals surface area contributed by atoms with Gasteiger partial charge in [0.2, 0.25) is 5.91 Å². The van der Waals surface area contributed by atoms with E-state index in [0.717, 1.165) is 63.9 Å². The molecule has 0 bridgehead atoms. The number of hydrogen-bond donors (Lipinski definition) is 0. The molecule has 0 aliphatic carbocycles. The summed E-state index contributed by atoms with van der Waals surface area (Å²) in [6.45, 7) is 5.98. The normalized spacial score (nSPS) is 15.2. The summed E-state index contributed by atoms with van der Waals surface area (Å²) in [4.78, 5) is 19.3. The second-order valence-electron chi connectivity index (χ2n) is 8.01. The van der Waals surface area contributed by atoms with Gasteiger partial charge in [0.15, 0.2) is 0 Å². The molecule has 1 saturated heterocycles. The number of aromatic nitrogens is 3. The quantitative estimate of drug-likeness (QED) is 0.574. The zero-order chi connectivity index (χ0) is 20.2. The minimum Gasteiger partial charge on any atom is -0.342 e. The van der Waals surface area contributed by atoms with Crippen LogP contribution in [0.4, 0.5) is 0 Å². The molecule has 4 rings (SSSR count). The molecule has 1 fully saturated rings. The van der Waals surface area contributed by atoms with Gasteiger partial charge in [-0.3, -0.25) is 9.78 Å². The first-order valence-corrected chi connectivity index (χ1v) is 11.4. The van der Waals surface area contributed by atoms with Crippen molar-refractivity contribution in [3.8, 4) is 10.6 Å². The zero-order valence-electron chi connectivity index (χ0n) is 17.2. The van der Waals surface area contributed by atoms with Crippen LogP contribution < -0.4 is 0 Å². The molecule has 0 atom stereocenters. The van der Waals surface area contributed by atoms with Gasteiger partial charge in [0.05, 0.1) is 12.1 Å². The van der Waals surface area contributed by atoms with Crippen molar-refractivity contribution in [3.05, 3.63) is 41.2 Å². The lowest BCUT2D eigenvalue weighted by molar-refractivity contribution is -0.131. The zero-order valence-corrected chi connectivity index (χ0v) is 18.0. The minimum absolute atomic E-state index is 0.196. The summed E-state index contributed by atoms with van der Waals surface area (Å²) in [5.74, 6) is 0.988. The van der Waals surface area contributed by atoms with Gasteiger partial charge in [-0.15, -0.1) is 10.2 Å². The van der Waals surface area contributed by atoms with Gasteiger partial charge in [-0.2, -0.15) is 0 Å². The lowest BCUT2D eigenvalue weighted by Gasteiger charge is -2.32. The molecule has 3 aromatic rings. The molecule has 1 amide bonds. The number of aryl methyl sites for hydroxylation is 1. The fraction of sp³-hybridized carbons (Fsp3) is 0.478. The summed E-state index contributed by atoms with van der Waals surface area (Å²) in [5, 5.41) is 12.4. The van der Waals surface area contributed by atoms with Crippen molar-refractivity contribution in [2.75, 3.05) is 13.1 Å². The maximum absolute atomic E-state index is 12.8. The summed E-state index contributed by atoms with van der Waals surface area (Å²) in [6, 6.07) is 8.27. The number of amides is 1. The van der Waals surface area contributed by atoms with Gasteiger partial charge in [-0.1, -0.05) is 49.7 Å². The Morgan fingerprint density at radius 2 is 2.00 bits per heavy atom. The lowest BCUT2D eigenvalue weighted by atomic mass is 9.91. The Bertz CT molecular complexity index is 991. The number of nitrogens with zero attached hydrogens (tertiary/aromatic N) is 4. The van der Waals surface area contributed by atoms with Crippen molar-refractivity contribution in [1.82, 2.24) is 20.1 Å². The summed E-state index contributed by atoms with van der Waals surface area (Å²) < 4.78 is 0. The van der Waals surface area contributed by atoms with Gasteiger partial charge in [0.25, 0.3) is 0 Å². The van der Waals surface area contributed by atoms with E-state index in [0.29, 0.717) is 6.42 Å². The SMILES string of the molecule is CCCCC1CCN(C(=O)Cc2cc3cc(-c4nnc(C)s4)ccc3cn2)CC1. The third-order valence-corrected chi connectivity index (χ3v) is 6.70. The van der Waals surface area contributed by atoms with Crippen LogP contribution in [0, 0.1) is 12.8 Å². The molecular weight excluding hydrogens is 380 g/mol. The number of hydrogen-bond acceptors (Lipinski definition) is 5. The van der Waals surface area contributed by atoms with Gasteiger partial charge in [-0.05, 0) is 43.2 Å². The van der Waals surface area contributed by atoms with E-state index in [-0.39, 0.29) is 5.91 Å². The first-order chi connectivity index (χ1) is 14.1. The Kier molecular flexibility index (Phi) is 6.19. The number of fused-ring (bicyclic) bond motifs is 1. The number of piperidine rings is 1. The highest BCUT2D eigenvalue weighted by molar-refractivity contribution is 7.14. The highest BCUT2D eigenvalue weighted by Gasteiger charge is 2.22. The van der Waals surface area contributed by atoms with E-state index in [1.54, 1.807) is 11.3 Å². The molecule has 0 unspecified atom stereocenters. The van der Waals surface area contributed by atoms with Crippen molar-refractivity contribution in [2.24, 2.45) is 5.92 Å². The first-order valence-electron chi connectivity index (χ1n) is 10.6. The Labute approximate surface area is 176 Å². The number of unbranched alkanes of at least 4 members (excludes halogenated alkanes) is 1. The molecule has 0 N–H and O–H groups in total. The van der Waals surface area contributed by atoms with Crippen LogP contribution in [0.3, 0.4) is 0 Å². The highest BCUT2D eigenvalue weighted by Crippen LogP contribution is 2.27. The molecule has 1 aliphatic rings. The average Bonchev–Trinajstić information content (AvgIpc) is 3.18. The highest BCUT2D eigenvalue weighted by atomic mass is 32.1. The van der Waals surface area contributed by atoms with E-state index in [9.17, 15) is 4.79 Å². The van der Waals surface area contributed by atoms with Crippen molar-refractivity contribution >= 4 is 28.0 Å². The van der Waals surface area contributed by atoms with E-state index >= 15 is 0 Å². The molecule has 3 heterocycles. The van der Waals surface area contributed by atoms with Crippen molar-refractivity contribution in [3.63, 3.8) is 0 Å². The van der Waals surface area contributed by atoms with Crippen LogP contribution in [0.15, 0.2) is 30.5 Å². The summed E-state index contributed by atoms with van der Waals surface area (Å²) >= 11 is 1.59. The van der Waals surface area contributed by atoms with E-state index in [4.69, 9.17) is 0 Å². The average molecular weight is 409 g/mol. The number of carbonyl (C=O) groups is 1. The lowest BCUT2D eigenvalue weighted by Crippen LogP contribution is -2.39. The van der Waals surface area contributed by atoms with E-state index in [2.05, 4.69) is 40.3 Å². The molecule has 5 nitrogen and oxygen atoms in total. The van der Waals surface area contributed by atoms with Gasteiger partial charge in [0, 0.05) is 30.2 Å². The van der Waals surface area contributed by atoms with Crippen LogP contribution in [-0.2, 0) is 11.2 Å². The maximum atomic E-state index is 12.8. The first kappa shape index (κ1) is 20.0. The molecule has 1 aromatic carbocycles. The Morgan fingerprint density at radius 1 is 1.17 bits per heavy atom. The molecule has 6 heteroatoms. The van der Waals surface area contributed by atoms with Crippen LogP contribution in [0.25, 0.3) is 21.3 Å². The molecule has 29 heavy (non-hydrogen) atoms. The van der Waals surface area contributed by atoms with Gasteiger partial charge < -0.3 is 4.90 Å². The monoisotopic (exact) mass is 408 g/mol. The Morgan fingerprint density at radius 3 is 2.72 bits per heavy atom. The van der Waals surface area contributed by atoms with Crippen LogP contribution in [-0.4, -0.2) is 39.1 Å². The number of rotatable bonds is 6. The van der Waals surface area contributed by atoms with Crippen LogP contribution in [0.5, 0.6) is 0 Å². The van der Waals surface area contributed by atoms with Crippen molar-refractivity contribution in [2.45, 2.75) is 52.4 Å². The molecule has 2 aromatic heterocycles. The Hall–Kier alpha value is -2.34. The number of benzene rings is 1. The predicted octanol–water partition coefficient (Wildman–Crippen LogP) is 5.03. The van der Waals surface area contributed by atoms with E-state index < -0.39 is 0 Å². The van der Waals surface area contributed by atoms with Gasteiger partial charge in [0.1, 0.15) is 10.0 Å². The second kappa shape index (κ2) is 8.99. The molecule has 152 valence electrons. The fourth-order valence-electron chi connectivity index (χ4n) is 4.06. The largest absolute Gasteiger partial charge is 0.342 e. The second-order valence-corrected chi connectivity index (χ2v) is 9.19. The maximum Gasteiger partial charge on any atom is 0.228 e. The number of likely N-dealkylation sites (tertiary alicyclic amines) is 1. The molecule has 0 radical (unpaired) electrons.